The number of aromatic nitrogens is 3. The largest absolute Gasteiger partial charge is 0.384 e. The van der Waals surface area contributed by atoms with Gasteiger partial charge in [-0.05, 0) is 18.6 Å². The molecule has 0 radical (unpaired) electrons. The van der Waals surface area contributed by atoms with E-state index in [1.165, 1.54) is 6.39 Å². The lowest BCUT2D eigenvalue weighted by Gasteiger charge is -2.06. The Bertz CT molecular complexity index is 413. The predicted molar refractivity (Wildman–Crippen MR) is 55.5 cm³/mol. The molecule has 5 heteroatoms. The van der Waals surface area contributed by atoms with Gasteiger partial charge in [0.1, 0.15) is 0 Å². The van der Waals surface area contributed by atoms with Crippen molar-refractivity contribution in [2.24, 2.45) is 0 Å². The fourth-order valence-corrected chi connectivity index (χ4v) is 1.28. The second-order valence-electron chi connectivity index (χ2n) is 3.21. The Morgan fingerprint density at radius 1 is 1.47 bits per heavy atom. The van der Waals surface area contributed by atoms with Crippen molar-refractivity contribution in [2.45, 2.75) is 13.3 Å². The summed E-state index contributed by atoms with van der Waals surface area (Å²) in [6, 6.07) is 1.95. The molecule has 0 atom stereocenters. The molecule has 15 heavy (non-hydrogen) atoms. The van der Waals surface area contributed by atoms with Crippen LogP contribution < -0.4 is 5.32 Å². The number of aryl methyl sites for hydroxylation is 1. The van der Waals surface area contributed by atoms with Gasteiger partial charge in [-0.2, -0.15) is 4.98 Å². The first kappa shape index (κ1) is 9.64. The van der Waals surface area contributed by atoms with E-state index in [1.54, 1.807) is 6.20 Å². The minimum Gasteiger partial charge on any atom is -0.384 e. The van der Waals surface area contributed by atoms with Crippen molar-refractivity contribution < 1.29 is 4.52 Å². The van der Waals surface area contributed by atoms with Crippen LogP contribution in [0.25, 0.3) is 0 Å². The molecule has 0 aliphatic heterocycles. The maximum Gasteiger partial charge on any atom is 0.213 e. The number of rotatable bonds is 4. The highest BCUT2D eigenvalue weighted by atomic mass is 16.5. The molecule has 2 rings (SSSR count). The second-order valence-corrected chi connectivity index (χ2v) is 3.21. The summed E-state index contributed by atoms with van der Waals surface area (Å²) in [5.74, 6) is 0.717. The van der Waals surface area contributed by atoms with Gasteiger partial charge in [0, 0.05) is 31.0 Å². The van der Waals surface area contributed by atoms with Crippen LogP contribution in [0.2, 0.25) is 0 Å². The molecule has 0 bridgehead atoms. The van der Waals surface area contributed by atoms with E-state index in [0.717, 1.165) is 24.2 Å². The molecule has 0 amide bonds. The molecule has 0 aliphatic carbocycles. The summed E-state index contributed by atoms with van der Waals surface area (Å²) in [6.45, 7) is 2.80. The normalized spacial score (nSPS) is 10.2. The van der Waals surface area contributed by atoms with Gasteiger partial charge in [-0.15, -0.1) is 0 Å². The van der Waals surface area contributed by atoms with Gasteiger partial charge in [0.25, 0.3) is 0 Å². The topological polar surface area (TPSA) is 63.8 Å². The Balaban J connectivity index is 1.86. The van der Waals surface area contributed by atoms with Crippen LogP contribution in [-0.2, 0) is 6.42 Å². The SMILES string of the molecule is Cc1cnccc1NCCc1ncon1. The highest BCUT2D eigenvalue weighted by Crippen LogP contribution is 2.10. The number of nitrogens with zero attached hydrogens (tertiary/aromatic N) is 3. The fourth-order valence-electron chi connectivity index (χ4n) is 1.28. The summed E-state index contributed by atoms with van der Waals surface area (Å²) in [5, 5.41) is 7.02. The Labute approximate surface area is 87.5 Å². The van der Waals surface area contributed by atoms with Crippen LogP contribution in [0, 0.1) is 6.92 Å². The third-order valence-electron chi connectivity index (χ3n) is 2.09. The van der Waals surface area contributed by atoms with Gasteiger partial charge in [-0.25, -0.2) is 0 Å². The highest BCUT2D eigenvalue weighted by Gasteiger charge is 1.99. The first-order valence-corrected chi connectivity index (χ1v) is 4.76. The molecule has 2 aromatic heterocycles. The first-order chi connectivity index (χ1) is 7.36. The molecule has 0 spiro atoms. The standard InChI is InChI=1S/C10H12N4O/c1-8-6-11-4-2-9(8)12-5-3-10-13-7-15-14-10/h2,4,6-7H,3,5H2,1H3,(H,11,12). The molecule has 2 aromatic rings. The van der Waals surface area contributed by atoms with E-state index in [2.05, 4.69) is 25.0 Å². The molecule has 0 aliphatic rings. The molecular weight excluding hydrogens is 192 g/mol. The molecule has 0 unspecified atom stereocenters. The lowest BCUT2D eigenvalue weighted by atomic mass is 10.2. The van der Waals surface area contributed by atoms with Crippen LogP contribution in [0.3, 0.4) is 0 Å². The average Bonchev–Trinajstić information content (AvgIpc) is 2.74. The summed E-state index contributed by atoms with van der Waals surface area (Å²) in [5.41, 5.74) is 2.22. The summed E-state index contributed by atoms with van der Waals surface area (Å²) in [4.78, 5) is 7.96. The zero-order valence-corrected chi connectivity index (χ0v) is 8.47. The minimum absolute atomic E-state index is 0.717. The summed E-state index contributed by atoms with van der Waals surface area (Å²) in [6.07, 6.45) is 5.69. The smallest absolute Gasteiger partial charge is 0.213 e. The van der Waals surface area contributed by atoms with E-state index in [0.29, 0.717) is 5.82 Å². The summed E-state index contributed by atoms with van der Waals surface area (Å²) < 4.78 is 4.64. The highest BCUT2D eigenvalue weighted by molar-refractivity contribution is 5.48. The lowest BCUT2D eigenvalue weighted by molar-refractivity contribution is 0.410. The van der Waals surface area contributed by atoms with E-state index >= 15 is 0 Å². The molecule has 0 saturated heterocycles. The van der Waals surface area contributed by atoms with Gasteiger partial charge in [-0.3, -0.25) is 4.98 Å². The summed E-state index contributed by atoms with van der Waals surface area (Å²) >= 11 is 0. The van der Waals surface area contributed by atoms with Crippen molar-refractivity contribution in [1.82, 2.24) is 15.1 Å². The van der Waals surface area contributed by atoms with Crippen molar-refractivity contribution in [3.8, 4) is 0 Å². The predicted octanol–water partition coefficient (Wildman–Crippen LogP) is 1.43. The van der Waals surface area contributed by atoms with Gasteiger partial charge in [0.05, 0.1) is 0 Å². The third-order valence-corrected chi connectivity index (χ3v) is 2.09. The molecule has 2 heterocycles. The zero-order valence-electron chi connectivity index (χ0n) is 8.47. The van der Waals surface area contributed by atoms with Crippen LogP contribution in [0.4, 0.5) is 5.69 Å². The maximum atomic E-state index is 4.64. The first-order valence-electron chi connectivity index (χ1n) is 4.76. The Kier molecular flexibility index (Phi) is 2.92. The van der Waals surface area contributed by atoms with Crippen LogP contribution in [-0.4, -0.2) is 21.7 Å². The fraction of sp³-hybridized carbons (Fsp3) is 0.300. The molecule has 0 saturated carbocycles. The number of anilines is 1. The van der Waals surface area contributed by atoms with Crippen molar-refractivity contribution >= 4 is 5.69 Å². The quantitative estimate of drug-likeness (QED) is 0.816. The van der Waals surface area contributed by atoms with Crippen LogP contribution in [0.5, 0.6) is 0 Å². The molecule has 0 aromatic carbocycles. The van der Waals surface area contributed by atoms with E-state index in [-0.39, 0.29) is 0 Å². The van der Waals surface area contributed by atoms with Crippen molar-refractivity contribution in [3.05, 3.63) is 36.2 Å². The molecule has 78 valence electrons. The van der Waals surface area contributed by atoms with Gasteiger partial charge in [0.15, 0.2) is 5.82 Å². The van der Waals surface area contributed by atoms with Crippen LogP contribution >= 0.6 is 0 Å². The average molecular weight is 204 g/mol. The Morgan fingerprint density at radius 2 is 2.40 bits per heavy atom. The van der Waals surface area contributed by atoms with Crippen molar-refractivity contribution in [2.75, 3.05) is 11.9 Å². The van der Waals surface area contributed by atoms with E-state index < -0.39 is 0 Å². The van der Waals surface area contributed by atoms with Gasteiger partial charge < -0.3 is 9.84 Å². The monoisotopic (exact) mass is 204 g/mol. The number of hydrogen-bond donors (Lipinski definition) is 1. The number of nitrogens with one attached hydrogen (secondary N) is 1. The van der Waals surface area contributed by atoms with Crippen LogP contribution in [0.1, 0.15) is 11.4 Å². The maximum absolute atomic E-state index is 4.64. The molecular formula is C10H12N4O. The zero-order chi connectivity index (χ0) is 10.5. The van der Waals surface area contributed by atoms with Crippen molar-refractivity contribution in [3.63, 3.8) is 0 Å². The second kappa shape index (κ2) is 4.54. The summed E-state index contributed by atoms with van der Waals surface area (Å²) in [7, 11) is 0. The van der Waals surface area contributed by atoms with Crippen LogP contribution in [0.15, 0.2) is 29.4 Å². The van der Waals surface area contributed by atoms with Gasteiger partial charge in [0.2, 0.25) is 6.39 Å². The minimum atomic E-state index is 0.717. The van der Waals surface area contributed by atoms with Gasteiger partial charge >= 0.3 is 0 Å². The van der Waals surface area contributed by atoms with E-state index in [4.69, 9.17) is 0 Å². The molecule has 5 nitrogen and oxygen atoms in total. The van der Waals surface area contributed by atoms with Crippen molar-refractivity contribution in [1.29, 1.82) is 0 Å². The Morgan fingerprint density at radius 3 is 3.13 bits per heavy atom. The van der Waals surface area contributed by atoms with E-state index in [1.807, 2.05) is 19.2 Å². The third kappa shape index (κ3) is 2.52. The lowest BCUT2D eigenvalue weighted by Crippen LogP contribution is -2.07. The van der Waals surface area contributed by atoms with Gasteiger partial charge in [-0.1, -0.05) is 5.16 Å². The molecule has 0 fully saturated rings. The van der Waals surface area contributed by atoms with E-state index in [9.17, 15) is 0 Å². The molecule has 1 N–H and O–H groups in total. The Hall–Kier alpha value is -1.91. The number of hydrogen-bond acceptors (Lipinski definition) is 5. The number of pyridine rings is 1.